The van der Waals surface area contributed by atoms with Crippen molar-refractivity contribution in [3.8, 4) is 39.7 Å². The van der Waals surface area contributed by atoms with Crippen LogP contribution in [0.25, 0.3) is 78.4 Å². The number of hydrogen-bond donors (Lipinski definition) is 2. The smallest absolute Gasteiger partial charge is 0.370 e. The first-order valence-electron chi connectivity index (χ1n) is 41.0. The normalized spacial score (nSPS) is 14.9. The Balaban J connectivity index is 0.000000133. The quantitative estimate of drug-likeness (QED) is 0.111. The summed E-state index contributed by atoms with van der Waals surface area (Å²) in [5, 5.41) is 4.03. The monoisotopic (exact) mass is 1820 g/mol. The Hall–Kier alpha value is -11.7. The van der Waals surface area contributed by atoms with E-state index in [0.29, 0.717) is 55.9 Å². The summed E-state index contributed by atoms with van der Waals surface area (Å²) in [7, 11) is -5.88. The van der Waals surface area contributed by atoms with Gasteiger partial charge in [-0.25, -0.2) is 15.0 Å². The van der Waals surface area contributed by atoms with Gasteiger partial charge in [-0.2, -0.15) is 26.6 Å². The molecule has 0 saturated carbocycles. The lowest BCUT2D eigenvalue weighted by atomic mass is 9.82. The highest BCUT2D eigenvalue weighted by Crippen LogP contribution is 2.35. The van der Waals surface area contributed by atoms with Crippen LogP contribution in [0.4, 0.5) is 24.5 Å². The lowest BCUT2D eigenvalue weighted by molar-refractivity contribution is -0.0501. The first-order chi connectivity index (χ1) is 59.1. The van der Waals surface area contributed by atoms with Crippen molar-refractivity contribution in [1.29, 1.82) is 0 Å². The zero-order valence-electron chi connectivity index (χ0n) is 72.3. The minimum atomic E-state index is -5.88. The van der Waals surface area contributed by atoms with Crippen LogP contribution in [0.1, 0.15) is 133 Å². The summed E-state index contributed by atoms with van der Waals surface area (Å²) in [6.45, 7) is 37.6. The molecule has 0 spiro atoms. The second-order valence-corrected chi connectivity index (χ2v) is 36.7. The number of piperidine rings is 3. The number of alkyl halides is 3. The number of fused-ring (bicyclic) bond motifs is 8. The third kappa shape index (κ3) is 21.5. The van der Waals surface area contributed by atoms with Gasteiger partial charge in [0.25, 0.3) is 22.2 Å². The van der Waals surface area contributed by atoms with Crippen molar-refractivity contribution in [2.75, 3.05) is 49.1 Å². The number of nitrogens with two attached hydrogens (primary N) is 1. The van der Waals surface area contributed by atoms with Gasteiger partial charge in [-0.05, 0) is 213 Å². The van der Waals surface area contributed by atoms with E-state index in [1.165, 1.54) is 54.7 Å². The highest BCUT2D eigenvalue weighted by molar-refractivity contribution is 9.10. The van der Waals surface area contributed by atoms with Gasteiger partial charge in [0.05, 0.1) is 112 Å². The molecule has 0 atom stereocenters. The summed E-state index contributed by atoms with van der Waals surface area (Å²) in [5.74, 6) is -0.977. The third-order valence-corrected chi connectivity index (χ3v) is 23.9. The molecule has 3 fully saturated rings. The number of aromatic nitrogens is 16. The summed E-state index contributed by atoms with van der Waals surface area (Å²) in [4.78, 5) is 89.9. The predicted molar refractivity (Wildman–Crippen MR) is 491 cm³/mol. The maximum Gasteiger partial charge on any atom is 0.534 e. The van der Waals surface area contributed by atoms with Crippen LogP contribution in [0.5, 0.6) is 5.88 Å². The number of halogens is 6. The van der Waals surface area contributed by atoms with E-state index in [2.05, 4.69) is 121 Å². The summed E-state index contributed by atoms with van der Waals surface area (Å²) >= 11 is 15.0. The molecule has 0 radical (unpaired) electrons. The third-order valence-electron chi connectivity index (χ3n) is 22.1. The van der Waals surface area contributed by atoms with Gasteiger partial charge in [0.1, 0.15) is 22.6 Å². The fraction of sp³-hybridized carbons (Fsp3) is 0.341. The Morgan fingerprint density at radius 3 is 1.10 bits per heavy atom. The Morgan fingerprint density at radius 2 is 0.736 bits per heavy atom. The summed E-state index contributed by atoms with van der Waals surface area (Å²) < 4.78 is 76.8. The highest BCUT2D eigenvalue weighted by atomic mass is 79.9. The van der Waals surface area contributed by atoms with Gasteiger partial charge in [0.2, 0.25) is 5.88 Å². The molecule has 3 aliphatic heterocycles. The fourth-order valence-corrected chi connectivity index (χ4v) is 16.3. The molecule has 125 heavy (non-hydrogen) atoms. The fourth-order valence-electron chi connectivity index (χ4n) is 15.2. The first-order valence-corrected chi connectivity index (χ1v) is 44.0. The lowest BCUT2D eigenvalue weighted by Gasteiger charge is -2.38. The highest BCUT2D eigenvalue weighted by Gasteiger charge is 2.49. The molecule has 654 valence electrons. The Labute approximate surface area is 738 Å². The van der Waals surface area contributed by atoms with E-state index in [4.69, 9.17) is 38.9 Å². The van der Waals surface area contributed by atoms with E-state index >= 15 is 0 Å². The van der Waals surface area contributed by atoms with Crippen LogP contribution in [-0.2, 0) is 10.1 Å². The molecule has 0 bridgehead atoms. The largest absolute Gasteiger partial charge is 0.534 e. The van der Waals surface area contributed by atoms with Gasteiger partial charge in [0.15, 0.2) is 0 Å². The van der Waals surface area contributed by atoms with Crippen LogP contribution < -0.4 is 47.3 Å². The van der Waals surface area contributed by atoms with E-state index in [0.717, 1.165) is 156 Å². The minimum absolute atomic E-state index is 0.0597. The van der Waals surface area contributed by atoms with Gasteiger partial charge in [0, 0.05) is 145 Å². The van der Waals surface area contributed by atoms with Crippen molar-refractivity contribution in [1.82, 2.24) is 80.4 Å². The van der Waals surface area contributed by atoms with Crippen LogP contribution in [-0.4, -0.2) is 134 Å². The van der Waals surface area contributed by atoms with Crippen molar-refractivity contribution in [2.24, 2.45) is 16.6 Å². The number of pyridine rings is 4. The standard InChI is InChI=1S/C24H27N5O.C23H26N6O.C17H13ClN4O.C9H9BrN2.C9H4ClF3N2O4S.C7H15N.C2H6/c1-16-13-28-14-18(11-21(28)17(2)25-16)20-12-23(30)29-15-19(5-6-22(29)26-20)27-9-7-24(3,4)8-10-27;1-15-12-28-13-17(10-20(28)16(2)25-15)19-11-22(30)29-14-18(4-5-21(29)26-19)27-8-6-23(3,24)7-9-27;1-10-7-21-8-12(5-15(21)11(2)19-10)14-6-17(23)22-9-13(18)3-4-16(22)20-14;1-6-4-12-5-8(10)3-9(12)7(2)11-6;10-5-1-2-6-14-7(3-8(16)15(6)4-5)19-20(17,18)9(11,12)13;1-7(2)3-5-8-6-4-7;1-2/h5-6,11-15H,7-10H2,1-4H3;4-5,10-14H,6-9,24H2,1-3H3;3-9H,1-2H3;3-5H,1-2H3;1-4H;8H,3-6H2,1-2H3;1-2H3. The molecule has 16 aromatic rings. The van der Waals surface area contributed by atoms with Crippen LogP contribution in [0.15, 0.2) is 195 Å². The molecule has 0 aliphatic carbocycles. The maximum atomic E-state index is 12.9. The van der Waals surface area contributed by atoms with Crippen LogP contribution in [0.2, 0.25) is 10.0 Å². The van der Waals surface area contributed by atoms with Crippen molar-refractivity contribution in [2.45, 2.75) is 153 Å². The number of nitrogens with one attached hydrogen (secondary N) is 1. The number of anilines is 2. The van der Waals surface area contributed by atoms with E-state index in [-0.39, 0.29) is 32.9 Å². The Kier molecular flexibility index (Phi) is 26.8. The average molecular weight is 1830 g/mol. The van der Waals surface area contributed by atoms with E-state index in [1.54, 1.807) is 39.3 Å². The molecule has 19 heterocycles. The van der Waals surface area contributed by atoms with Crippen LogP contribution >= 0.6 is 39.1 Å². The van der Waals surface area contributed by atoms with Crippen LogP contribution in [0.3, 0.4) is 0 Å². The first kappa shape index (κ1) is 91.0. The minimum Gasteiger partial charge on any atom is -0.370 e. The van der Waals surface area contributed by atoms with E-state index in [1.807, 2.05) is 176 Å². The van der Waals surface area contributed by atoms with Crippen molar-refractivity contribution in [3.05, 3.63) is 273 Å². The van der Waals surface area contributed by atoms with Gasteiger partial charge in [-0.15, -0.1) is 0 Å². The van der Waals surface area contributed by atoms with E-state index < -0.39 is 27.1 Å². The molecule has 3 saturated heterocycles. The van der Waals surface area contributed by atoms with Gasteiger partial charge in [-0.1, -0.05) is 64.7 Å². The summed E-state index contributed by atoms with van der Waals surface area (Å²) in [6.07, 6.45) is 29.4. The molecule has 3 aliphatic rings. The molecule has 27 nitrogen and oxygen atoms in total. The number of rotatable bonds is 7. The average Bonchev–Trinajstić information content (AvgIpc) is 1.43. The molecular formula is C91H100BrCl2F3N20O7S. The predicted octanol–water partition coefficient (Wildman–Crippen LogP) is 17.2. The number of nitrogens with zero attached hydrogens (tertiary/aromatic N) is 18. The van der Waals surface area contributed by atoms with Crippen molar-refractivity contribution >= 4 is 105 Å². The van der Waals surface area contributed by atoms with Gasteiger partial charge in [-0.3, -0.25) is 56.7 Å². The number of hydrogen-bond acceptors (Lipinski definition) is 19. The molecule has 0 amide bonds. The maximum absolute atomic E-state index is 12.9. The number of aryl methyl sites for hydroxylation is 8. The van der Waals surface area contributed by atoms with Crippen LogP contribution in [0, 0.1) is 66.2 Å². The zero-order valence-corrected chi connectivity index (χ0v) is 76.2. The summed E-state index contributed by atoms with van der Waals surface area (Å²) in [6, 6.07) is 27.4. The second-order valence-electron chi connectivity index (χ2n) is 33.3. The van der Waals surface area contributed by atoms with Gasteiger partial charge < -0.3 is 42.6 Å². The Bertz CT molecular complexity index is 6920. The molecular weight excluding hydrogens is 1730 g/mol. The molecule has 34 heteroatoms. The van der Waals surface area contributed by atoms with E-state index in [9.17, 15) is 40.8 Å². The van der Waals surface area contributed by atoms with Crippen molar-refractivity contribution < 1.29 is 25.8 Å². The summed E-state index contributed by atoms with van der Waals surface area (Å²) in [5.41, 5.74) is 21.0. The van der Waals surface area contributed by atoms with Gasteiger partial charge >= 0.3 is 15.6 Å². The molecule has 3 N–H and O–H groups in total. The SMILES string of the molecule is CC.CC1(C)CCNCC1.Cc1cn2cc(-c3cc(=O)n4cc(Cl)ccc4n3)cc2c(C)n1.Cc1cn2cc(-c3cc(=O)n4cc(N5CCC(C)(C)CC5)ccc4n3)cc2c(C)n1.Cc1cn2cc(-c3cc(=O)n4cc(N5CCC(C)(N)CC5)ccc4n3)cc2c(C)n1.Cc1cn2cc(Br)cc2c(C)n1.O=c1cc(OS(=O)(=O)C(F)(F)F)nc2ccc(Cl)cn12. The topological polar surface area (TPSA) is 295 Å². The molecule has 0 aromatic carbocycles. The molecule has 0 unspecified atom stereocenters. The van der Waals surface area contributed by atoms with Crippen molar-refractivity contribution in [3.63, 3.8) is 0 Å². The lowest BCUT2D eigenvalue weighted by Crippen LogP contribution is -2.48. The molecule has 19 rings (SSSR count). The zero-order chi connectivity index (χ0) is 90.1. The Morgan fingerprint density at radius 1 is 0.416 bits per heavy atom. The second kappa shape index (κ2) is 36.9. The molecule has 16 aromatic heterocycles.